The number of nitrogens with one attached hydrogen (secondary N) is 1. The summed E-state index contributed by atoms with van der Waals surface area (Å²) in [7, 11) is 1.55. The van der Waals surface area contributed by atoms with Gasteiger partial charge in [-0.1, -0.05) is 12.1 Å². The van der Waals surface area contributed by atoms with Gasteiger partial charge in [0.15, 0.2) is 0 Å². The van der Waals surface area contributed by atoms with E-state index in [2.05, 4.69) is 25.9 Å². The summed E-state index contributed by atoms with van der Waals surface area (Å²) in [6.07, 6.45) is 5.59. The van der Waals surface area contributed by atoms with Crippen molar-refractivity contribution in [3.8, 4) is 5.88 Å². The van der Waals surface area contributed by atoms with E-state index >= 15 is 0 Å². The van der Waals surface area contributed by atoms with E-state index in [1.54, 1.807) is 43.3 Å². The zero-order valence-electron chi connectivity index (χ0n) is 13.5. The lowest BCUT2D eigenvalue weighted by Gasteiger charge is -2.12. The van der Waals surface area contributed by atoms with Crippen LogP contribution >= 0.6 is 11.8 Å². The molecule has 4 heterocycles. The van der Waals surface area contributed by atoms with Crippen LogP contribution in [0.5, 0.6) is 5.88 Å². The summed E-state index contributed by atoms with van der Waals surface area (Å²) < 4.78 is 7.22. The van der Waals surface area contributed by atoms with Crippen LogP contribution in [0.4, 0.5) is 5.82 Å². The van der Waals surface area contributed by atoms with Crippen molar-refractivity contribution in [2.45, 2.75) is 11.1 Å². The number of carbonyl (C=O) groups is 1. The summed E-state index contributed by atoms with van der Waals surface area (Å²) in [6.45, 7) is 0. The van der Waals surface area contributed by atoms with E-state index in [0.29, 0.717) is 17.3 Å². The van der Waals surface area contributed by atoms with Crippen molar-refractivity contribution in [2.75, 3.05) is 12.4 Å². The standard InChI is InChI=1S/C18H16N4O2S/c1-24-16-6-2-5-15(20-16)21-17(23)13-7-9-22-14(13)11-25-18(22)12-4-3-8-19-10-12/h2-10,18H,11H2,1H3,(H,20,21,23). The highest BCUT2D eigenvalue weighted by Crippen LogP contribution is 2.41. The van der Waals surface area contributed by atoms with Crippen LogP contribution < -0.4 is 10.1 Å². The van der Waals surface area contributed by atoms with Crippen LogP contribution in [0, 0.1) is 0 Å². The maximum absolute atomic E-state index is 12.7. The van der Waals surface area contributed by atoms with Crippen molar-refractivity contribution in [2.24, 2.45) is 0 Å². The maximum Gasteiger partial charge on any atom is 0.258 e. The maximum atomic E-state index is 12.7. The van der Waals surface area contributed by atoms with E-state index in [9.17, 15) is 4.79 Å². The molecule has 3 aromatic rings. The average molecular weight is 352 g/mol. The fourth-order valence-electron chi connectivity index (χ4n) is 2.86. The van der Waals surface area contributed by atoms with E-state index in [1.165, 1.54) is 0 Å². The summed E-state index contributed by atoms with van der Waals surface area (Å²) >= 11 is 1.78. The SMILES string of the molecule is COc1cccc(NC(=O)c2ccn3c2CSC3c2cccnc2)n1. The number of ether oxygens (including phenoxy) is 1. The normalized spacial score (nSPS) is 15.6. The van der Waals surface area contributed by atoms with Crippen molar-refractivity contribution >= 4 is 23.5 Å². The van der Waals surface area contributed by atoms with Gasteiger partial charge in [-0.2, -0.15) is 4.98 Å². The lowest BCUT2D eigenvalue weighted by molar-refractivity contribution is 0.102. The number of hydrogen-bond donors (Lipinski definition) is 1. The van der Waals surface area contributed by atoms with Gasteiger partial charge in [-0.15, -0.1) is 11.8 Å². The molecule has 0 spiro atoms. The van der Waals surface area contributed by atoms with Gasteiger partial charge in [0.25, 0.3) is 5.91 Å². The average Bonchev–Trinajstić information content (AvgIpc) is 3.24. The number of pyridine rings is 2. The van der Waals surface area contributed by atoms with Gasteiger partial charge in [0.1, 0.15) is 11.2 Å². The van der Waals surface area contributed by atoms with E-state index in [-0.39, 0.29) is 11.3 Å². The van der Waals surface area contributed by atoms with Gasteiger partial charge in [-0.05, 0) is 18.2 Å². The molecular formula is C18H16N4O2S. The van der Waals surface area contributed by atoms with Gasteiger partial charge in [0.2, 0.25) is 5.88 Å². The zero-order chi connectivity index (χ0) is 17.2. The van der Waals surface area contributed by atoms with Gasteiger partial charge < -0.3 is 14.6 Å². The molecule has 0 aromatic carbocycles. The third-order valence-corrected chi connectivity index (χ3v) is 5.30. The first-order chi connectivity index (χ1) is 12.3. The second kappa shape index (κ2) is 6.60. The third-order valence-electron chi connectivity index (χ3n) is 4.04. The Morgan fingerprint density at radius 3 is 3.04 bits per heavy atom. The second-order valence-corrected chi connectivity index (χ2v) is 6.62. The van der Waals surface area contributed by atoms with Crippen molar-refractivity contribution in [1.82, 2.24) is 14.5 Å². The summed E-state index contributed by atoms with van der Waals surface area (Å²) in [4.78, 5) is 21.1. The highest BCUT2D eigenvalue weighted by atomic mass is 32.2. The van der Waals surface area contributed by atoms with Crippen LogP contribution in [0.15, 0.2) is 55.0 Å². The fraction of sp³-hybridized carbons (Fsp3) is 0.167. The number of hydrogen-bond acceptors (Lipinski definition) is 5. The Morgan fingerprint density at radius 1 is 1.32 bits per heavy atom. The minimum absolute atomic E-state index is 0.153. The molecule has 6 nitrogen and oxygen atoms in total. The highest BCUT2D eigenvalue weighted by molar-refractivity contribution is 7.99. The number of rotatable bonds is 4. The van der Waals surface area contributed by atoms with Gasteiger partial charge >= 0.3 is 0 Å². The molecule has 1 unspecified atom stereocenters. The Hall–Kier alpha value is -2.80. The zero-order valence-corrected chi connectivity index (χ0v) is 14.4. The smallest absolute Gasteiger partial charge is 0.258 e. The minimum Gasteiger partial charge on any atom is -0.481 e. The summed E-state index contributed by atoms with van der Waals surface area (Å²) in [6, 6.07) is 11.1. The molecule has 25 heavy (non-hydrogen) atoms. The lowest BCUT2D eigenvalue weighted by Crippen LogP contribution is -2.14. The summed E-state index contributed by atoms with van der Waals surface area (Å²) in [5, 5.41) is 2.99. The fourth-order valence-corrected chi connectivity index (χ4v) is 4.17. The minimum atomic E-state index is -0.165. The molecule has 0 fully saturated rings. The molecule has 4 rings (SSSR count). The molecule has 1 aliphatic heterocycles. The van der Waals surface area contributed by atoms with Gasteiger partial charge in [0.05, 0.1) is 12.7 Å². The largest absolute Gasteiger partial charge is 0.481 e. The molecule has 3 aromatic heterocycles. The molecule has 1 atom stereocenters. The van der Waals surface area contributed by atoms with E-state index < -0.39 is 0 Å². The number of carbonyl (C=O) groups excluding carboxylic acids is 1. The first-order valence-electron chi connectivity index (χ1n) is 7.80. The van der Waals surface area contributed by atoms with Crippen molar-refractivity contribution < 1.29 is 9.53 Å². The van der Waals surface area contributed by atoms with Crippen molar-refractivity contribution in [3.63, 3.8) is 0 Å². The number of thioether (sulfide) groups is 1. The number of nitrogens with zero attached hydrogens (tertiary/aromatic N) is 3. The van der Waals surface area contributed by atoms with Crippen LogP contribution in [-0.2, 0) is 5.75 Å². The summed E-state index contributed by atoms with van der Waals surface area (Å²) in [5.41, 5.74) is 2.81. The number of amides is 1. The molecular weight excluding hydrogens is 336 g/mol. The molecule has 0 bridgehead atoms. The van der Waals surface area contributed by atoms with Crippen molar-refractivity contribution in [1.29, 1.82) is 0 Å². The van der Waals surface area contributed by atoms with E-state index in [1.807, 2.05) is 24.5 Å². The van der Waals surface area contributed by atoms with Crippen LogP contribution in [0.2, 0.25) is 0 Å². The quantitative estimate of drug-likeness (QED) is 0.780. The Balaban J connectivity index is 1.57. The molecule has 1 aliphatic rings. The predicted molar refractivity (Wildman–Crippen MR) is 96.8 cm³/mol. The molecule has 0 saturated heterocycles. The monoisotopic (exact) mass is 352 g/mol. The topological polar surface area (TPSA) is 69.0 Å². The second-order valence-electron chi connectivity index (χ2n) is 5.55. The number of aromatic nitrogens is 3. The Kier molecular flexibility index (Phi) is 4.15. The molecule has 1 amide bonds. The number of fused-ring (bicyclic) bond motifs is 1. The van der Waals surface area contributed by atoms with E-state index in [0.717, 1.165) is 17.0 Å². The van der Waals surface area contributed by atoms with Crippen LogP contribution in [0.25, 0.3) is 0 Å². The molecule has 1 N–H and O–H groups in total. The van der Waals surface area contributed by atoms with Gasteiger partial charge in [-0.3, -0.25) is 9.78 Å². The van der Waals surface area contributed by atoms with Crippen LogP contribution in [0.1, 0.15) is 27.0 Å². The first kappa shape index (κ1) is 15.7. The molecule has 0 radical (unpaired) electrons. The molecule has 7 heteroatoms. The summed E-state index contributed by atoms with van der Waals surface area (Å²) in [5.74, 6) is 1.55. The Labute approximate surface area is 149 Å². The highest BCUT2D eigenvalue weighted by Gasteiger charge is 2.28. The lowest BCUT2D eigenvalue weighted by atomic mass is 10.2. The van der Waals surface area contributed by atoms with Gasteiger partial charge in [0, 0.05) is 41.7 Å². The number of methoxy groups -OCH3 is 1. The first-order valence-corrected chi connectivity index (χ1v) is 8.85. The third kappa shape index (κ3) is 2.98. The van der Waals surface area contributed by atoms with E-state index in [4.69, 9.17) is 4.74 Å². The van der Waals surface area contributed by atoms with Crippen LogP contribution in [-0.4, -0.2) is 27.6 Å². The Morgan fingerprint density at radius 2 is 2.24 bits per heavy atom. The molecule has 0 aliphatic carbocycles. The van der Waals surface area contributed by atoms with Crippen molar-refractivity contribution in [3.05, 3.63) is 71.8 Å². The molecule has 0 saturated carbocycles. The predicted octanol–water partition coefficient (Wildman–Crippen LogP) is 3.33. The number of anilines is 1. The van der Waals surface area contributed by atoms with Crippen LogP contribution in [0.3, 0.4) is 0 Å². The van der Waals surface area contributed by atoms with Gasteiger partial charge in [-0.25, -0.2) is 0 Å². The Bertz CT molecular complexity index is 910. The molecule has 126 valence electrons.